The monoisotopic (exact) mass is 241 g/mol. The normalized spacial score (nSPS) is 13.3. The van der Waals surface area contributed by atoms with Gasteiger partial charge >= 0.3 is 0 Å². The zero-order valence-electron chi connectivity index (χ0n) is 10.8. The molecule has 0 aliphatic carbocycles. The van der Waals surface area contributed by atoms with E-state index in [0.29, 0.717) is 6.04 Å². The molecule has 0 aliphatic rings. The molecule has 1 rings (SSSR count). The molecule has 0 amide bonds. The summed E-state index contributed by atoms with van der Waals surface area (Å²) in [5, 5.41) is 4.71. The number of nitrogens with zero attached hydrogens (tertiary/aromatic N) is 2. The Kier molecular flexibility index (Phi) is 5.95. The van der Waals surface area contributed by atoms with E-state index in [1.807, 2.05) is 6.20 Å². The summed E-state index contributed by atoms with van der Waals surface area (Å²) in [5.41, 5.74) is 0. The molecule has 0 saturated carbocycles. The fourth-order valence-electron chi connectivity index (χ4n) is 1.64. The van der Waals surface area contributed by atoms with E-state index < -0.39 is 0 Å². The summed E-state index contributed by atoms with van der Waals surface area (Å²) in [7, 11) is 0. The Bertz CT molecular complexity index is 294. The van der Waals surface area contributed by atoms with Crippen LogP contribution >= 0.6 is 11.3 Å². The van der Waals surface area contributed by atoms with Crippen LogP contribution in [0.1, 0.15) is 36.7 Å². The van der Waals surface area contributed by atoms with Crippen LogP contribution in [-0.4, -0.2) is 36.1 Å². The third kappa shape index (κ3) is 4.20. The summed E-state index contributed by atoms with van der Waals surface area (Å²) in [6, 6.07) is 0.370. The zero-order valence-corrected chi connectivity index (χ0v) is 11.6. The number of hydrogen-bond acceptors (Lipinski definition) is 4. The molecule has 0 radical (unpaired) electrons. The average molecular weight is 241 g/mol. The molecule has 0 aromatic carbocycles. The second kappa shape index (κ2) is 6.99. The summed E-state index contributed by atoms with van der Waals surface area (Å²) >= 11 is 1.78. The molecule has 1 unspecified atom stereocenters. The first kappa shape index (κ1) is 13.6. The highest BCUT2D eigenvalue weighted by atomic mass is 32.1. The Morgan fingerprint density at radius 1 is 1.44 bits per heavy atom. The van der Waals surface area contributed by atoms with Gasteiger partial charge in [-0.1, -0.05) is 13.8 Å². The lowest BCUT2D eigenvalue weighted by atomic mass is 10.3. The fraction of sp³-hybridized carbons (Fsp3) is 0.750. The molecule has 0 spiro atoms. The van der Waals surface area contributed by atoms with Gasteiger partial charge in [-0.05, 0) is 26.9 Å². The Labute approximate surface area is 103 Å². The number of thiazole rings is 1. The van der Waals surface area contributed by atoms with E-state index in [0.717, 1.165) is 26.2 Å². The van der Waals surface area contributed by atoms with E-state index in [9.17, 15) is 0 Å². The summed E-state index contributed by atoms with van der Waals surface area (Å²) in [6.45, 7) is 13.1. The fourth-order valence-corrected chi connectivity index (χ4v) is 2.44. The number of rotatable bonds is 7. The standard InChI is InChI=1S/C12H23N3S/c1-5-15(6-2)8-7-13-11(4)12-14-9-10(3)16-12/h9,11,13H,5-8H2,1-4H3. The van der Waals surface area contributed by atoms with Crippen LogP contribution in [0, 0.1) is 6.92 Å². The minimum absolute atomic E-state index is 0.370. The summed E-state index contributed by atoms with van der Waals surface area (Å²) in [4.78, 5) is 8.10. The van der Waals surface area contributed by atoms with Crippen molar-refractivity contribution in [3.8, 4) is 0 Å². The Morgan fingerprint density at radius 3 is 2.62 bits per heavy atom. The number of aromatic nitrogens is 1. The molecule has 1 heterocycles. The van der Waals surface area contributed by atoms with Crippen molar-refractivity contribution >= 4 is 11.3 Å². The maximum absolute atomic E-state index is 4.40. The second-order valence-corrected chi connectivity index (χ2v) is 5.28. The van der Waals surface area contributed by atoms with Gasteiger partial charge in [0.2, 0.25) is 0 Å². The lowest BCUT2D eigenvalue weighted by molar-refractivity contribution is 0.298. The van der Waals surface area contributed by atoms with Crippen molar-refractivity contribution in [2.24, 2.45) is 0 Å². The van der Waals surface area contributed by atoms with E-state index in [4.69, 9.17) is 0 Å². The van der Waals surface area contributed by atoms with Gasteiger partial charge in [-0.25, -0.2) is 4.98 Å². The highest BCUT2D eigenvalue weighted by Gasteiger charge is 2.08. The predicted molar refractivity (Wildman–Crippen MR) is 71.1 cm³/mol. The van der Waals surface area contributed by atoms with Crippen molar-refractivity contribution < 1.29 is 0 Å². The highest BCUT2D eigenvalue weighted by Crippen LogP contribution is 2.18. The van der Waals surface area contributed by atoms with Crippen LogP contribution in [0.4, 0.5) is 0 Å². The number of hydrogen-bond donors (Lipinski definition) is 1. The van der Waals surface area contributed by atoms with Crippen molar-refractivity contribution in [3.05, 3.63) is 16.1 Å². The van der Waals surface area contributed by atoms with Gasteiger partial charge in [0, 0.05) is 24.2 Å². The molecule has 3 nitrogen and oxygen atoms in total. The first-order chi connectivity index (χ1) is 7.67. The van der Waals surface area contributed by atoms with E-state index in [2.05, 4.69) is 42.9 Å². The van der Waals surface area contributed by atoms with Crippen LogP contribution in [0.3, 0.4) is 0 Å². The molecule has 16 heavy (non-hydrogen) atoms. The van der Waals surface area contributed by atoms with Crippen molar-refractivity contribution in [2.45, 2.75) is 33.7 Å². The lowest BCUT2D eigenvalue weighted by Gasteiger charge is -2.19. The Balaban J connectivity index is 2.27. The van der Waals surface area contributed by atoms with Gasteiger partial charge in [0.25, 0.3) is 0 Å². The SMILES string of the molecule is CCN(CC)CCNC(C)c1ncc(C)s1. The van der Waals surface area contributed by atoms with Gasteiger partial charge in [-0.2, -0.15) is 0 Å². The summed E-state index contributed by atoms with van der Waals surface area (Å²) < 4.78 is 0. The molecule has 1 atom stereocenters. The van der Waals surface area contributed by atoms with Crippen LogP contribution in [-0.2, 0) is 0 Å². The Morgan fingerprint density at radius 2 is 2.12 bits per heavy atom. The minimum atomic E-state index is 0.370. The van der Waals surface area contributed by atoms with Crippen LogP contribution in [0.5, 0.6) is 0 Å². The molecule has 0 bridgehead atoms. The molecule has 4 heteroatoms. The quantitative estimate of drug-likeness (QED) is 0.795. The number of nitrogens with one attached hydrogen (secondary N) is 1. The maximum Gasteiger partial charge on any atom is 0.109 e. The molecule has 0 saturated heterocycles. The minimum Gasteiger partial charge on any atom is -0.307 e. The van der Waals surface area contributed by atoms with Gasteiger partial charge in [-0.15, -0.1) is 11.3 Å². The zero-order chi connectivity index (χ0) is 12.0. The number of likely N-dealkylation sites (N-methyl/N-ethyl adjacent to an activating group) is 1. The molecule has 1 aromatic rings. The van der Waals surface area contributed by atoms with E-state index in [1.54, 1.807) is 11.3 Å². The molecular weight excluding hydrogens is 218 g/mol. The first-order valence-electron chi connectivity index (χ1n) is 6.05. The second-order valence-electron chi connectivity index (χ2n) is 4.01. The van der Waals surface area contributed by atoms with Crippen molar-refractivity contribution in [1.29, 1.82) is 0 Å². The molecule has 0 fully saturated rings. The van der Waals surface area contributed by atoms with Gasteiger partial charge < -0.3 is 10.2 Å². The van der Waals surface area contributed by atoms with E-state index in [1.165, 1.54) is 9.88 Å². The summed E-state index contributed by atoms with van der Waals surface area (Å²) in [6.07, 6.45) is 1.95. The third-order valence-corrected chi connectivity index (χ3v) is 3.88. The first-order valence-corrected chi connectivity index (χ1v) is 6.87. The lowest BCUT2D eigenvalue weighted by Crippen LogP contribution is -2.32. The van der Waals surface area contributed by atoms with Gasteiger partial charge in [-0.3, -0.25) is 0 Å². The average Bonchev–Trinajstić information content (AvgIpc) is 2.71. The van der Waals surface area contributed by atoms with Crippen molar-refractivity contribution in [1.82, 2.24) is 15.2 Å². The van der Waals surface area contributed by atoms with Gasteiger partial charge in [0.1, 0.15) is 5.01 Å². The molecule has 1 aromatic heterocycles. The molecule has 1 N–H and O–H groups in total. The van der Waals surface area contributed by atoms with Crippen LogP contribution in [0.25, 0.3) is 0 Å². The smallest absolute Gasteiger partial charge is 0.109 e. The van der Waals surface area contributed by atoms with Crippen LogP contribution < -0.4 is 5.32 Å². The molecule has 0 aliphatic heterocycles. The van der Waals surface area contributed by atoms with Crippen LogP contribution in [0.2, 0.25) is 0 Å². The van der Waals surface area contributed by atoms with E-state index >= 15 is 0 Å². The van der Waals surface area contributed by atoms with Crippen LogP contribution in [0.15, 0.2) is 6.20 Å². The predicted octanol–water partition coefficient (Wildman–Crippen LogP) is 2.44. The Hall–Kier alpha value is -0.450. The van der Waals surface area contributed by atoms with Crippen molar-refractivity contribution in [3.63, 3.8) is 0 Å². The maximum atomic E-state index is 4.40. The molecular formula is C12H23N3S. The van der Waals surface area contributed by atoms with Gasteiger partial charge in [0.15, 0.2) is 0 Å². The number of aryl methyl sites for hydroxylation is 1. The van der Waals surface area contributed by atoms with Crippen molar-refractivity contribution in [2.75, 3.05) is 26.2 Å². The largest absolute Gasteiger partial charge is 0.307 e. The third-order valence-electron chi connectivity index (χ3n) is 2.78. The highest BCUT2D eigenvalue weighted by molar-refractivity contribution is 7.11. The van der Waals surface area contributed by atoms with Gasteiger partial charge in [0.05, 0.1) is 6.04 Å². The van der Waals surface area contributed by atoms with E-state index in [-0.39, 0.29) is 0 Å². The summed E-state index contributed by atoms with van der Waals surface area (Å²) in [5.74, 6) is 0. The topological polar surface area (TPSA) is 28.2 Å². The molecule has 92 valence electrons.